The highest BCUT2D eigenvalue weighted by molar-refractivity contribution is 6.06. The van der Waals surface area contributed by atoms with Crippen molar-refractivity contribution >= 4 is 23.6 Å². The lowest BCUT2D eigenvalue weighted by Gasteiger charge is -2.29. The van der Waals surface area contributed by atoms with Crippen LogP contribution in [0.25, 0.3) is 0 Å². The number of fused-ring (bicyclic) bond motifs is 1. The number of hydrogen-bond acceptors (Lipinski definition) is 4. The minimum atomic E-state index is -5.37. The van der Waals surface area contributed by atoms with Crippen LogP contribution in [0, 0.1) is 5.82 Å². The highest BCUT2D eigenvalue weighted by atomic mass is 19.4. The Morgan fingerprint density at radius 2 is 1.73 bits per heavy atom. The van der Waals surface area contributed by atoms with Crippen LogP contribution in [0.3, 0.4) is 0 Å². The molecule has 4 amide bonds. The summed E-state index contributed by atoms with van der Waals surface area (Å²) in [6.45, 7) is -0.180. The van der Waals surface area contributed by atoms with Crippen molar-refractivity contribution in [2.75, 3.05) is 0 Å². The number of alkyl halides is 6. The van der Waals surface area contributed by atoms with Crippen LogP contribution < -0.4 is 10.6 Å². The predicted octanol–water partition coefficient (Wildman–Crippen LogP) is 3.64. The van der Waals surface area contributed by atoms with E-state index in [1.54, 1.807) is 0 Å². The van der Waals surface area contributed by atoms with Gasteiger partial charge in [-0.3, -0.25) is 24.5 Å². The van der Waals surface area contributed by atoms with Crippen LogP contribution >= 0.6 is 0 Å². The maximum absolute atomic E-state index is 13.8. The van der Waals surface area contributed by atoms with Gasteiger partial charge in [-0.2, -0.15) is 26.3 Å². The van der Waals surface area contributed by atoms with Crippen LogP contribution in [-0.2, 0) is 22.3 Å². The summed E-state index contributed by atoms with van der Waals surface area (Å²) in [4.78, 5) is 50.1. The number of piperidine rings is 1. The van der Waals surface area contributed by atoms with Gasteiger partial charge in [0.2, 0.25) is 11.8 Å². The minimum Gasteiger partial charge on any atom is -0.337 e. The summed E-state index contributed by atoms with van der Waals surface area (Å²) in [7, 11) is 0. The standard InChI is InChI=1S/C23H16F7N3O4/c24-12-2-4-14(15(8-12)22(25,26)27)18(23(28,29)30)32-19(35)10-1-3-13-11(7-10)9-33(21(13)37)16-5-6-17(34)31-20(16)36/h1-4,7-8,16,18H,5-6,9H2,(H,32,35)(H,31,34,36)/t16?,18-/m1/s1. The van der Waals surface area contributed by atoms with E-state index in [9.17, 15) is 49.9 Å². The second kappa shape index (κ2) is 9.16. The van der Waals surface area contributed by atoms with Crippen LogP contribution in [0.4, 0.5) is 30.7 Å². The van der Waals surface area contributed by atoms with Crippen molar-refractivity contribution < 1.29 is 49.9 Å². The third-order valence-corrected chi connectivity index (χ3v) is 6.02. The molecule has 7 nitrogen and oxygen atoms in total. The van der Waals surface area contributed by atoms with Crippen molar-refractivity contribution in [1.29, 1.82) is 0 Å². The number of carbonyl (C=O) groups is 4. The van der Waals surface area contributed by atoms with Crippen molar-refractivity contribution in [3.8, 4) is 0 Å². The number of nitrogens with one attached hydrogen (secondary N) is 2. The molecule has 2 aliphatic heterocycles. The largest absolute Gasteiger partial charge is 0.416 e. The smallest absolute Gasteiger partial charge is 0.337 e. The topological polar surface area (TPSA) is 95.6 Å². The van der Waals surface area contributed by atoms with Crippen LogP contribution in [0.1, 0.15) is 56.3 Å². The third kappa shape index (κ3) is 5.13. The lowest BCUT2D eigenvalue weighted by atomic mass is 9.98. The van der Waals surface area contributed by atoms with E-state index in [-0.39, 0.29) is 42.1 Å². The fraction of sp³-hybridized carbons (Fsp3) is 0.304. The zero-order chi connectivity index (χ0) is 27.3. The van der Waals surface area contributed by atoms with Crippen LogP contribution in [-0.4, -0.2) is 40.7 Å². The number of hydrogen-bond donors (Lipinski definition) is 2. The molecule has 0 radical (unpaired) electrons. The first-order chi connectivity index (χ1) is 17.2. The maximum Gasteiger partial charge on any atom is 0.416 e. The Morgan fingerprint density at radius 1 is 1.03 bits per heavy atom. The second-order valence-corrected chi connectivity index (χ2v) is 8.45. The molecule has 0 aromatic heterocycles. The van der Waals surface area contributed by atoms with Crippen molar-refractivity contribution in [2.45, 2.75) is 43.8 Å². The molecule has 1 unspecified atom stereocenters. The minimum absolute atomic E-state index is 0.00762. The van der Waals surface area contributed by atoms with E-state index in [0.717, 1.165) is 23.1 Å². The van der Waals surface area contributed by atoms with Gasteiger partial charge in [0.15, 0.2) is 6.04 Å². The highest BCUT2D eigenvalue weighted by Crippen LogP contribution is 2.41. The average Bonchev–Trinajstić information content (AvgIpc) is 3.11. The molecule has 0 aliphatic carbocycles. The lowest BCUT2D eigenvalue weighted by molar-refractivity contribution is -0.160. The van der Waals surface area contributed by atoms with Gasteiger partial charge >= 0.3 is 12.4 Å². The van der Waals surface area contributed by atoms with Gasteiger partial charge < -0.3 is 10.2 Å². The summed E-state index contributed by atoms with van der Waals surface area (Å²) in [5, 5.41) is 3.63. The quantitative estimate of drug-likeness (QED) is 0.466. The van der Waals surface area contributed by atoms with E-state index in [1.807, 2.05) is 0 Å². The summed E-state index contributed by atoms with van der Waals surface area (Å²) in [6, 6.07) is -0.198. The van der Waals surface area contributed by atoms with Gasteiger partial charge in [-0.1, -0.05) is 6.07 Å². The fourth-order valence-electron chi connectivity index (χ4n) is 4.29. The Labute approximate surface area is 203 Å². The summed E-state index contributed by atoms with van der Waals surface area (Å²) in [6.07, 6.45) is -10.7. The Balaban J connectivity index is 1.60. The molecule has 2 N–H and O–H groups in total. The number of benzene rings is 2. The van der Waals surface area contributed by atoms with E-state index in [1.165, 1.54) is 5.32 Å². The number of rotatable bonds is 4. The molecule has 0 bridgehead atoms. The van der Waals surface area contributed by atoms with Gasteiger partial charge in [0.05, 0.1) is 5.56 Å². The van der Waals surface area contributed by atoms with Gasteiger partial charge in [0, 0.05) is 24.1 Å². The fourth-order valence-corrected chi connectivity index (χ4v) is 4.29. The van der Waals surface area contributed by atoms with Gasteiger partial charge in [-0.15, -0.1) is 0 Å². The molecular formula is C23H16F7N3O4. The zero-order valence-electron chi connectivity index (χ0n) is 18.5. The van der Waals surface area contributed by atoms with Crippen molar-refractivity contribution in [3.63, 3.8) is 0 Å². The Bertz CT molecular complexity index is 1310. The Kier molecular flexibility index (Phi) is 6.46. The summed E-state index contributed by atoms with van der Waals surface area (Å²) >= 11 is 0. The van der Waals surface area contributed by atoms with Crippen molar-refractivity contribution in [3.05, 3.63) is 70.0 Å². The lowest BCUT2D eigenvalue weighted by Crippen LogP contribution is -2.52. The van der Waals surface area contributed by atoms with Gasteiger partial charge in [-0.25, -0.2) is 4.39 Å². The first-order valence-corrected chi connectivity index (χ1v) is 10.7. The van der Waals surface area contributed by atoms with E-state index in [0.29, 0.717) is 12.1 Å². The van der Waals surface area contributed by atoms with Crippen LogP contribution in [0.15, 0.2) is 36.4 Å². The first kappa shape index (κ1) is 26.1. The normalized spacial score (nSPS) is 18.9. The number of carbonyl (C=O) groups excluding carboxylic acids is 4. The molecule has 2 aliphatic rings. The second-order valence-electron chi connectivity index (χ2n) is 8.45. The van der Waals surface area contributed by atoms with Gasteiger partial charge in [-0.05, 0) is 47.9 Å². The number of imide groups is 1. The molecule has 0 saturated carbocycles. The maximum atomic E-state index is 13.8. The molecule has 37 heavy (non-hydrogen) atoms. The number of amides is 4. The van der Waals surface area contributed by atoms with E-state index < -0.39 is 65.0 Å². The zero-order valence-corrected chi connectivity index (χ0v) is 18.5. The monoisotopic (exact) mass is 531 g/mol. The predicted molar refractivity (Wildman–Crippen MR) is 110 cm³/mol. The summed E-state index contributed by atoms with van der Waals surface area (Å²) < 4.78 is 94.7. The summed E-state index contributed by atoms with van der Waals surface area (Å²) in [5.41, 5.74) is -3.40. The van der Waals surface area contributed by atoms with Crippen LogP contribution in [0.5, 0.6) is 0 Å². The van der Waals surface area contributed by atoms with Gasteiger partial charge in [0.25, 0.3) is 11.8 Å². The molecule has 14 heteroatoms. The molecule has 2 atom stereocenters. The Hall–Kier alpha value is -3.97. The highest BCUT2D eigenvalue weighted by Gasteiger charge is 2.47. The van der Waals surface area contributed by atoms with Crippen LogP contribution in [0.2, 0.25) is 0 Å². The molecule has 1 saturated heterocycles. The van der Waals surface area contributed by atoms with E-state index in [4.69, 9.17) is 0 Å². The number of nitrogens with zero attached hydrogens (tertiary/aromatic N) is 1. The Morgan fingerprint density at radius 3 is 2.35 bits per heavy atom. The molecule has 1 fully saturated rings. The molecule has 0 spiro atoms. The molecule has 196 valence electrons. The molecule has 2 aromatic rings. The van der Waals surface area contributed by atoms with E-state index in [2.05, 4.69) is 5.32 Å². The molecule has 4 rings (SSSR count). The first-order valence-electron chi connectivity index (χ1n) is 10.7. The molecule has 2 heterocycles. The summed E-state index contributed by atoms with van der Waals surface area (Å²) in [5.74, 6) is -4.59. The van der Waals surface area contributed by atoms with Crippen molar-refractivity contribution in [2.24, 2.45) is 0 Å². The molecule has 2 aromatic carbocycles. The average molecular weight is 531 g/mol. The van der Waals surface area contributed by atoms with Gasteiger partial charge in [0.1, 0.15) is 11.9 Å². The molecular weight excluding hydrogens is 515 g/mol. The van der Waals surface area contributed by atoms with E-state index >= 15 is 0 Å². The third-order valence-electron chi connectivity index (χ3n) is 6.02. The SMILES string of the molecule is O=C1CCC(N2Cc3cc(C(=O)N[C@H](c4ccc(F)cc4C(F)(F)F)C(F)(F)F)ccc3C2=O)C(=O)N1. The number of halogens is 7. The van der Waals surface area contributed by atoms with Crippen molar-refractivity contribution in [1.82, 2.24) is 15.5 Å².